The number of fused-ring (bicyclic) bond motifs is 1. The standard InChI is InChI=1S/C16H19N3O2/c1-9-5-11(8-20)13-3-2-4-14(15(13)18-9)19-16(21)10-6-12(17)7-10/h2-5,10,12,20H,6-8,17H2,1H3,(H,19,21). The van der Waals surface area contributed by atoms with Gasteiger partial charge in [0.25, 0.3) is 0 Å². The second-order valence-electron chi connectivity index (χ2n) is 5.70. The molecule has 0 radical (unpaired) electrons. The van der Waals surface area contributed by atoms with Crippen molar-refractivity contribution in [3.8, 4) is 0 Å². The van der Waals surface area contributed by atoms with Gasteiger partial charge in [-0.25, -0.2) is 0 Å². The second kappa shape index (κ2) is 5.42. The molecule has 1 aliphatic carbocycles. The van der Waals surface area contributed by atoms with Crippen LogP contribution in [0.2, 0.25) is 0 Å². The SMILES string of the molecule is Cc1cc(CO)c2cccc(NC(=O)C3CC(N)C3)c2n1. The highest BCUT2D eigenvalue weighted by Gasteiger charge is 2.32. The first-order chi connectivity index (χ1) is 10.1. The van der Waals surface area contributed by atoms with Gasteiger partial charge in [0.15, 0.2) is 0 Å². The number of rotatable bonds is 3. The highest BCUT2D eigenvalue weighted by Crippen LogP contribution is 2.29. The molecule has 110 valence electrons. The Morgan fingerprint density at radius 3 is 2.90 bits per heavy atom. The second-order valence-corrected chi connectivity index (χ2v) is 5.70. The molecule has 0 aliphatic heterocycles. The molecule has 0 bridgehead atoms. The maximum absolute atomic E-state index is 12.2. The van der Waals surface area contributed by atoms with Crippen molar-refractivity contribution in [2.45, 2.75) is 32.4 Å². The van der Waals surface area contributed by atoms with E-state index in [9.17, 15) is 9.90 Å². The summed E-state index contributed by atoms with van der Waals surface area (Å²) in [6, 6.07) is 7.61. The Balaban J connectivity index is 1.95. The van der Waals surface area contributed by atoms with Crippen LogP contribution in [-0.2, 0) is 11.4 Å². The van der Waals surface area contributed by atoms with E-state index in [0.29, 0.717) is 5.69 Å². The molecule has 2 aromatic rings. The molecule has 1 saturated carbocycles. The zero-order chi connectivity index (χ0) is 15.0. The summed E-state index contributed by atoms with van der Waals surface area (Å²) in [4.78, 5) is 16.7. The number of aliphatic hydroxyl groups is 1. The first kappa shape index (κ1) is 14.0. The molecule has 4 N–H and O–H groups in total. The quantitative estimate of drug-likeness (QED) is 0.801. The van der Waals surface area contributed by atoms with Crippen LogP contribution < -0.4 is 11.1 Å². The molecule has 21 heavy (non-hydrogen) atoms. The van der Waals surface area contributed by atoms with Crippen LogP contribution >= 0.6 is 0 Å². The maximum atomic E-state index is 12.2. The largest absolute Gasteiger partial charge is 0.392 e. The Morgan fingerprint density at radius 2 is 2.24 bits per heavy atom. The number of nitrogens with zero attached hydrogens (tertiary/aromatic N) is 1. The lowest BCUT2D eigenvalue weighted by Crippen LogP contribution is -2.42. The average molecular weight is 285 g/mol. The van der Waals surface area contributed by atoms with Crippen LogP contribution in [0.15, 0.2) is 24.3 Å². The highest BCUT2D eigenvalue weighted by atomic mass is 16.3. The van der Waals surface area contributed by atoms with Gasteiger partial charge in [-0.3, -0.25) is 9.78 Å². The third-order valence-corrected chi connectivity index (χ3v) is 4.03. The number of aryl methyl sites for hydroxylation is 1. The molecular weight excluding hydrogens is 266 g/mol. The van der Waals surface area contributed by atoms with E-state index in [4.69, 9.17) is 5.73 Å². The molecule has 1 aromatic carbocycles. The van der Waals surface area contributed by atoms with E-state index in [1.165, 1.54) is 0 Å². The van der Waals surface area contributed by atoms with Crippen LogP contribution in [0, 0.1) is 12.8 Å². The number of hydrogen-bond acceptors (Lipinski definition) is 4. The maximum Gasteiger partial charge on any atom is 0.227 e. The van der Waals surface area contributed by atoms with E-state index in [1.807, 2.05) is 31.2 Å². The van der Waals surface area contributed by atoms with Crippen molar-refractivity contribution < 1.29 is 9.90 Å². The summed E-state index contributed by atoms with van der Waals surface area (Å²) in [5, 5.41) is 13.3. The minimum atomic E-state index is -0.0469. The van der Waals surface area contributed by atoms with Crippen LogP contribution in [-0.4, -0.2) is 22.0 Å². The van der Waals surface area contributed by atoms with E-state index in [0.717, 1.165) is 35.0 Å². The van der Waals surface area contributed by atoms with Crippen LogP contribution in [0.5, 0.6) is 0 Å². The summed E-state index contributed by atoms with van der Waals surface area (Å²) in [5.74, 6) is -0.00423. The van der Waals surface area contributed by atoms with Crippen molar-refractivity contribution >= 4 is 22.5 Å². The molecule has 0 unspecified atom stereocenters. The Bertz CT molecular complexity index is 693. The van der Waals surface area contributed by atoms with Gasteiger partial charge in [-0.2, -0.15) is 0 Å². The summed E-state index contributed by atoms with van der Waals surface area (Å²) in [6.07, 6.45) is 1.48. The Kier molecular flexibility index (Phi) is 3.61. The fraction of sp³-hybridized carbons (Fsp3) is 0.375. The molecule has 5 heteroatoms. The monoisotopic (exact) mass is 285 g/mol. The van der Waals surface area contributed by atoms with Crippen molar-refractivity contribution in [1.82, 2.24) is 4.98 Å². The molecule has 0 atom stereocenters. The number of anilines is 1. The molecule has 0 spiro atoms. The summed E-state index contributed by atoms with van der Waals surface area (Å²) in [6.45, 7) is 1.83. The summed E-state index contributed by atoms with van der Waals surface area (Å²) < 4.78 is 0. The third-order valence-electron chi connectivity index (χ3n) is 4.03. The summed E-state index contributed by atoms with van der Waals surface area (Å²) in [7, 11) is 0. The minimum absolute atomic E-state index is 0.00180. The smallest absolute Gasteiger partial charge is 0.227 e. The molecule has 1 heterocycles. The van der Waals surface area contributed by atoms with Crippen molar-refractivity contribution in [1.29, 1.82) is 0 Å². The number of amides is 1. The zero-order valence-corrected chi connectivity index (χ0v) is 12.0. The van der Waals surface area contributed by atoms with Crippen molar-refractivity contribution in [3.05, 3.63) is 35.5 Å². The molecule has 1 amide bonds. The lowest BCUT2D eigenvalue weighted by atomic mass is 9.80. The van der Waals surface area contributed by atoms with Crippen molar-refractivity contribution in [2.75, 3.05) is 5.32 Å². The number of benzene rings is 1. The van der Waals surface area contributed by atoms with Crippen LogP contribution in [0.25, 0.3) is 10.9 Å². The predicted octanol–water partition coefficient (Wildman–Crippen LogP) is 1.71. The predicted molar refractivity (Wildman–Crippen MR) is 81.7 cm³/mol. The van der Waals surface area contributed by atoms with Gasteiger partial charge in [-0.1, -0.05) is 12.1 Å². The molecule has 5 nitrogen and oxygen atoms in total. The van der Waals surface area contributed by atoms with Gasteiger partial charge in [-0.15, -0.1) is 0 Å². The number of hydrogen-bond donors (Lipinski definition) is 3. The average Bonchev–Trinajstić information content (AvgIpc) is 2.43. The Morgan fingerprint density at radius 1 is 1.48 bits per heavy atom. The first-order valence-electron chi connectivity index (χ1n) is 7.15. The molecule has 1 aromatic heterocycles. The topological polar surface area (TPSA) is 88.2 Å². The van der Waals surface area contributed by atoms with E-state index in [-0.39, 0.29) is 24.5 Å². The van der Waals surface area contributed by atoms with Crippen molar-refractivity contribution in [2.24, 2.45) is 11.7 Å². The Hall–Kier alpha value is -1.98. The number of carbonyl (C=O) groups is 1. The molecule has 0 saturated heterocycles. The summed E-state index contributed by atoms with van der Waals surface area (Å²) in [5.41, 5.74) is 8.78. The number of nitrogens with one attached hydrogen (secondary N) is 1. The van der Waals surface area contributed by atoms with Gasteiger partial charge in [0.2, 0.25) is 5.91 Å². The van der Waals surface area contributed by atoms with Crippen LogP contribution in [0.1, 0.15) is 24.1 Å². The van der Waals surface area contributed by atoms with Gasteiger partial charge in [0.05, 0.1) is 17.8 Å². The number of carbonyl (C=O) groups excluding carboxylic acids is 1. The molecule has 3 rings (SSSR count). The number of para-hydroxylation sites is 1. The lowest BCUT2D eigenvalue weighted by molar-refractivity contribution is -0.122. The fourth-order valence-corrected chi connectivity index (χ4v) is 2.80. The van der Waals surface area contributed by atoms with Gasteiger partial charge >= 0.3 is 0 Å². The number of nitrogens with two attached hydrogens (primary N) is 1. The first-order valence-corrected chi connectivity index (χ1v) is 7.15. The van der Waals surface area contributed by atoms with Crippen LogP contribution in [0.4, 0.5) is 5.69 Å². The van der Waals surface area contributed by atoms with E-state index in [1.54, 1.807) is 0 Å². The Labute approximate surface area is 123 Å². The number of aliphatic hydroxyl groups excluding tert-OH is 1. The van der Waals surface area contributed by atoms with Gasteiger partial charge in [0.1, 0.15) is 0 Å². The fourth-order valence-electron chi connectivity index (χ4n) is 2.80. The lowest BCUT2D eigenvalue weighted by Gasteiger charge is -2.31. The molecule has 1 fully saturated rings. The van der Waals surface area contributed by atoms with Gasteiger partial charge in [-0.05, 0) is 37.5 Å². The molecule has 1 aliphatic rings. The van der Waals surface area contributed by atoms with Gasteiger partial charge < -0.3 is 16.2 Å². The van der Waals surface area contributed by atoms with E-state index < -0.39 is 0 Å². The third kappa shape index (κ3) is 2.62. The van der Waals surface area contributed by atoms with E-state index >= 15 is 0 Å². The number of pyridine rings is 1. The summed E-state index contributed by atoms with van der Waals surface area (Å²) >= 11 is 0. The minimum Gasteiger partial charge on any atom is -0.392 e. The number of aromatic nitrogens is 1. The van der Waals surface area contributed by atoms with Crippen molar-refractivity contribution in [3.63, 3.8) is 0 Å². The van der Waals surface area contributed by atoms with Gasteiger partial charge in [0, 0.05) is 23.0 Å². The highest BCUT2D eigenvalue weighted by molar-refractivity contribution is 6.02. The normalized spacial score (nSPS) is 21.1. The van der Waals surface area contributed by atoms with Crippen LogP contribution in [0.3, 0.4) is 0 Å². The zero-order valence-electron chi connectivity index (χ0n) is 12.0. The molecular formula is C16H19N3O2. The van der Waals surface area contributed by atoms with E-state index in [2.05, 4.69) is 10.3 Å².